The van der Waals surface area contributed by atoms with Crippen molar-refractivity contribution in [2.24, 2.45) is 0 Å². The van der Waals surface area contributed by atoms with Crippen molar-refractivity contribution in [2.45, 2.75) is 19.1 Å². The Bertz CT molecular complexity index is 1270. The van der Waals surface area contributed by atoms with Gasteiger partial charge in [-0.2, -0.15) is 18.3 Å². The van der Waals surface area contributed by atoms with E-state index in [2.05, 4.69) is 20.4 Å². The molecular weight excluding hydrogens is 461 g/mol. The lowest BCUT2D eigenvalue weighted by Crippen LogP contribution is -2.26. The largest absolute Gasteiger partial charge is 0.497 e. The number of hydrogen-bond acceptors (Lipinski definition) is 5. The minimum absolute atomic E-state index is 0.0339. The van der Waals surface area contributed by atoms with Crippen molar-refractivity contribution in [3.05, 3.63) is 65.5 Å². The number of benzene rings is 1. The molecule has 1 aromatic carbocycles. The number of methoxy groups -OCH3 is 1. The fraction of sp³-hybridized carbons (Fsp3) is 0.238. The van der Waals surface area contributed by atoms with Crippen LogP contribution in [-0.4, -0.2) is 43.7 Å². The number of fused-ring (bicyclic) bond motifs is 1. The maximum Gasteiger partial charge on any atom is 0.433 e. The Balaban J connectivity index is 1.64. The van der Waals surface area contributed by atoms with Gasteiger partial charge in [0.05, 0.1) is 19.1 Å². The van der Waals surface area contributed by atoms with E-state index >= 15 is 0 Å². The van der Waals surface area contributed by atoms with Gasteiger partial charge in [0.25, 0.3) is 5.91 Å². The first kappa shape index (κ1) is 22.6. The zero-order valence-corrected chi connectivity index (χ0v) is 18.1. The molecule has 172 valence electrons. The molecule has 0 unspecified atom stereocenters. The average molecular weight is 479 g/mol. The summed E-state index contributed by atoms with van der Waals surface area (Å²) in [4.78, 5) is 20.7. The minimum Gasteiger partial charge on any atom is -0.497 e. The third-order valence-electron chi connectivity index (χ3n) is 4.86. The monoisotopic (exact) mass is 478 g/mol. The van der Waals surface area contributed by atoms with Crippen molar-refractivity contribution < 1.29 is 22.7 Å². The highest BCUT2D eigenvalue weighted by atomic mass is 35.5. The first-order chi connectivity index (χ1) is 15.8. The quantitative estimate of drug-likeness (QED) is 0.404. The molecule has 0 spiro atoms. The molecule has 0 saturated heterocycles. The molecule has 0 radical (unpaired) electrons. The van der Waals surface area contributed by atoms with Crippen LogP contribution in [0.25, 0.3) is 16.9 Å². The molecule has 8 nitrogen and oxygen atoms in total. The lowest BCUT2D eigenvalue weighted by molar-refractivity contribution is -0.142. The number of aromatic nitrogens is 5. The molecule has 3 aromatic heterocycles. The predicted octanol–water partition coefficient (Wildman–Crippen LogP) is 4.09. The topological polar surface area (TPSA) is 86.3 Å². The number of hydrogen-bond donors (Lipinski definition) is 1. The van der Waals surface area contributed by atoms with Crippen LogP contribution in [-0.2, 0) is 12.7 Å². The predicted molar refractivity (Wildman–Crippen MR) is 114 cm³/mol. The molecule has 12 heteroatoms. The number of amides is 1. The highest BCUT2D eigenvalue weighted by molar-refractivity contribution is 6.36. The van der Waals surface area contributed by atoms with Crippen molar-refractivity contribution in [3.63, 3.8) is 0 Å². The Labute approximate surface area is 191 Å². The number of aryl methyl sites for hydroxylation is 1. The van der Waals surface area contributed by atoms with Crippen molar-refractivity contribution in [1.82, 2.24) is 29.5 Å². The van der Waals surface area contributed by atoms with Gasteiger partial charge in [-0.3, -0.25) is 4.79 Å². The van der Waals surface area contributed by atoms with E-state index in [0.717, 1.165) is 6.07 Å². The SMILES string of the molecule is COc1ccc(-c2cc(C(F)(F)F)n3nc(C(=O)NCCCn4ccnc4)c(Cl)c3n2)cc1. The maximum atomic E-state index is 13.8. The van der Waals surface area contributed by atoms with Gasteiger partial charge in [-0.1, -0.05) is 11.6 Å². The highest BCUT2D eigenvalue weighted by Gasteiger charge is 2.36. The van der Waals surface area contributed by atoms with Crippen LogP contribution >= 0.6 is 11.6 Å². The molecule has 0 saturated carbocycles. The van der Waals surface area contributed by atoms with Crippen molar-refractivity contribution in [1.29, 1.82) is 0 Å². The molecule has 33 heavy (non-hydrogen) atoms. The molecule has 0 aliphatic carbocycles. The van der Waals surface area contributed by atoms with Crippen molar-refractivity contribution in [2.75, 3.05) is 13.7 Å². The Kier molecular flexibility index (Phi) is 6.23. The standard InChI is InChI=1S/C21H18ClF3N6O2/c1-33-14-5-3-13(4-6-14)15-11-16(21(23,24)25)31-19(28-15)17(22)18(29-31)20(32)27-7-2-9-30-10-8-26-12-30/h3-6,8,10-12H,2,7,9H2,1H3,(H,27,32). The molecule has 0 atom stereocenters. The van der Waals surface area contributed by atoms with E-state index in [0.29, 0.717) is 28.8 Å². The van der Waals surface area contributed by atoms with Crippen LogP contribution in [0.3, 0.4) is 0 Å². The van der Waals surface area contributed by atoms with E-state index in [1.54, 1.807) is 43.0 Å². The lowest BCUT2D eigenvalue weighted by atomic mass is 10.1. The third kappa shape index (κ3) is 4.77. The second kappa shape index (κ2) is 9.10. The van der Waals surface area contributed by atoms with Gasteiger partial charge in [0.15, 0.2) is 17.0 Å². The summed E-state index contributed by atoms with van der Waals surface area (Å²) in [5.74, 6) is -0.138. The number of halogens is 4. The van der Waals surface area contributed by atoms with Crippen LogP contribution in [0.5, 0.6) is 5.75 Å². The van der Waals surface area contributed by atoms with Crippen molar-refractivity contribution in [3.8, 4) is 17.0 Å². The Morgan fingerprint density at radius 3 is 2.64 bits per heavy atom. The highest BCUT2D eigenvalue weighted by Crippen LogP contribution is 2.34. The van der Waals surface area contributed by atoms with Crippen LogP contribution in [0, 0.1) is 0 Å². The number of imidazole rings is 1. The Morgan fingerprint density at radius 2 is 2.00 bits per heavy atom. The van der Waals surface area contributed by atoms with Crippen LogP contribution in [0.2, 0.25) is 5.02 Å². The van der Waals surface area contributed by atoms with Crippen LogP contribution < -0.4 is 10.1 Å². The maximum absolute atomic E-state index is 13.8. The molecule has 0 bridgehead atoms. The molecule has 1 N–H and O–H groups in total. The first-order valence-electron chi connectivity index (χ1n) is 9.83. The lowest BCUT2D eigenvalue weighted by Gasteiger charge is -2.11. The summed E-state index contributed by atoms with van der Waals surface area (Å²) in [5, 5.41) is 6.19. The summed E-state index contributed by atoms with van der Waals surface area (Å²) in [7, 11) is 1.48. The van der Waals surface area contributed by atoms with Gasteiger partial charge in [0, 0.05) is 31.0 Å². The number of nitrogens with zero attached hydrogens (tertiary/aromatic N) is 5. The van der Waals surface area contributed by atoms with Gasteiger partial charge in [0.2, 0.25) is 0 Å². The summed E-state index contributed by atoms with van der Waals surface area (Å²) < 4.78 is 48.9. The molecule has 3 heterocycles. The van der Waals surface area contributed by atoms with Crippen LogP contribution in [0.4, 0.5) is 13.2 Å². The van der Waals surface area contributed by atoms with Gasteiger partial charge in [0.1, 0.15) is 10.8 Å². The van der Waals surface area contributed by atoms with Gasteiger partial charge in [-0.25, -0.2) is 14.5 Å². The van der Waals surface area contributed by atoms with E-state index in [4.69, 9.17) is 16.3 Å². The molecule has 1 amide bonds. The number of alkyl halides is 3. The van der Waals surface area contributed by atoms with Gasteiger partial charge in [-0.05, 0) is 36.8 Å². The first-order valence-corrected chi connectivity index (χ1v) is 10.2. The van der Waals surface area contributed by atoms with Gasteiger partial charge >= 0.3 is 6.18 Å². The smallest absolute Gasteiger partial charge is 0.433 e. The number of carbonyl (C=O) groups excluding carboxylic acids is 1. The summed E-state index contributed by atoms with van der Waals surface area (Å²) in [5.41, 5.74) is -1.23. The van der Waals surface area contributed by atoms with E-state index < -0.39 is 17.8 Å². The van der Waals surface area contributed by atoms with E-state index in [1.807, 2.05) is 4.57 Å². The number of rotatable bonds is 7. The third-order valence-corrected chi connectivity index (χ3v) is 5.21. The fourth-order valence-electron chi connectivity index (χ4n) is 3.21. The molecule has 4 aromatic rings. The summed E-state index contributed by atoms with van der Waals surface area (Å²) in [6.07, 6.45) is 0.897. The fourth-order valence-corrected chi connectivity index (χ4v) is 3.46. The number of carbonyl (C=O) groups is 1. The molecular formula is C21H18ClF3N6O2. The molecule has 0 fully saturated rings. The van der Waals surface area contributed by atoms with Crippen LogP contribution in [0.15, 0.2) is 49.1 Å². The minimum atomic E-state index is -4.75. The molecule has 0 aliphatic rings. The molecule has 0 aliphatic heterocycles. The van der Waals surface area contributed by atoms with E-state index in [-0.39, 0.29) is 28.6 Å². The molecule has 4 rings (SSSR count). The summed E-state index contributed by atoms with van der Waals surface area (Å²) >= 11 is 6.27. The Morgan fingerprint density at radius 1 is 1.24 bits per heavy atom. The average Bonchev–Trinajstić information content (AvgIpc) is 3.43. The summed E-state index contributed by atoms with van der Waals surface area (Å²) in [6, 6.07) is 7.24. The second-order valence-corrected chi connectivity index (χ2v) is 7.44. The van der Waals surface area contributed by atoms with E-state index in [9.17, 15) is 18.0 Å². The van der Waals surface area contributed by atoms with Crippen molar-refractivity contribution >= 4 is 23.2 Å². The number of nitrogens with one attached hydrogen (secondary N) is 1. The zero-order valence-electron chi connectivity index (χ0n) is 17.3. The van der Waals surface area contributed by atoms with Gasteiger partial charge in [-0.15, -0.1) is 0 Å². The van der Waals surface area contributed by atoms with Gasteiger partial charge < -0.3 is 14.6 Å². The number of ether oxygens (including phenoxy) is 1. The normalized spacial score (nSPS) is 11.7. The van der Waals surface area contributed by atoms with E-state index in [1.165, 1.54) is 7.11 Å². The second-order valence-electron chi connectivity index (χ2n) is 7.06. The summed E-state index contributed by atoms with van der Waals surface area (Å²) in [6.45, 7) is 0.891. The Hall–Kier alpha value is -3.60. The van der Waals surface area contributed by atoms with Crippen LogP contribution in [0.1, 0.15) is 22.6 Å². The zero-order chi connectivity index (χ0) is 23.6.